The lowest BCUT2D eigenvalue weighted by Gasteiger charge is -2.37. The van der Waals surface area contributed by atoms with Gasteiger partial charge in [-0.05, 0) is 43.9 Å². The van der Waals surface area contributed by atoms with Crippen molar-refractivity contribution in [1.82, 2.24) is 0 Å². The van der Waals surface area contributed by atoms with Gasteiger partial charge >= 0.3 is 0 Å². The van der Waals surface area contributed by atoms with E-state index in [1.165, 1.54) is 0 Å². The first-order valence-corrected chi connectivity index (χ1v) is 7.36. The van der Waals surface area contributed by atoms with Crippen LogP contribution in [0.4, 0.5) is 11.4 Å². The van der Waals surface area contributed by atoms with Crippen LogP contribution in [0.3, 0.4) is 0 Å². The van der Waals surface area contributed by atoms with Gasteiger partial charge in [0.2, 0.25) is 5.91 Å². The third kappa shape index (κ3) is 1.57. The summed E-state index contributed by atoms with van der Waals surface area (Å²) in [5.74, 6) is 0.207. The minimum Gasteiger partial charge on any atom is -0.322 e. The van der Waals surface area contributed by atoms with Gasteiger partial charge in [-0.25, -0.2) is 0 Å². The van der Waals surface area contributed by atoms with Gasteiger partial charge in [0.1, 0.15) is 5.54 Å². The fourth-order valence-corrected chi connectivity index (χ4v) is 3.13. The first-order chi connectivity index (χ1) is 9.12. The number of anilines is 2. The summed E-state index contributed by atoms with van der Waals surface area (Å²) in [7, 11) is 0. The van der Waals surface area contributed by atoms with Crippen LogP contribution in [0.1, 0.15) is 25.7 Å². The van der Waals surface area contributed by atoms with Crippen LogP contribution in [0.25, 0.3) is 0 Å². The van der Waals surface area contributed by atoms with Crippen LogP contribution in [0.15, 0.2) is 22.7 Å². The van der Waals surface area contributed by atoms with Crippen molar-refractivity contribution in [3.8, 4) is 0 Å². The van der Waals surface area contributed by atoms with E-state index in [4.69, 9.17) is 0 Å². The van der Waals surface area contributed by atoms with Crippen molar-refractivity contribution in [2.45, 2.75) is 31.2 Å². The Balaban J connectivity index is 1.87. The van der Waals surface area contributed by atoms with E-state index in [0.717, 1.165) is 41.5 Å². The van der Waals surface area contributed by atoms with Crippen LogP contribution >= 0.6 is 15.9 Å². The van der Waals surface area contributed by atoms with E-state index in [0.29, 0.717) is 0 Å². The highest BCUT2D eigenvalue weighted by Gasteiger charge is 2.60. The number of amides is 2. The molecular weight excluding hydrogens is 308 g/mol. The second kappa shape index (κ2) is 3.60. The monoisotopic (exact) mass is 320 g/mol. The van der Waals surface area contributed by atoms with Crippen molar-refractivity contribution in [3.05, 3.63) is 22.7 Å². The Bertz CT molecular complexity index is 605. The van der Waals surface area contributed by atoms with Crippen molar-refractivity contribution >= 4 is 39.1 Å². The summed E-state index contributed by atoms with van der Waals surface area (Å²) in [6, 6.07) is 5.65. The predicted octanol–water partition coefficient (Wildman–Crippen LogP) is 2.68. The summed E-state index contributed by atoms with van der Waals surface area (Å²) in [4.78, 5) is 26.6. The largest absolute Gasteiger partial charge is 0.322 e. The Labute approximate surface area is 119 Å². The van der Waals surface area contributed by atoms with Crippen LogP contribution in [0, 0.1) is 5.92 Å². The van der Waals surface area contributed by atoms with Gasteiger partial charge in [-0.15, -0.1) is 0 Å². The number of fused-ring (bicyclic) bond motifs is 1. The number of rotatable bonds is 1. The van der Waals surface area contributed by atoms with Crippen LogP contribution in [0.5, 0.6) is 0 Å². The lowest BCUT2D eigenvalue weighted by Crippen LogP contribution is -2.53. The Morgan fingerprint density at radius 1 is 1.37 bits per heavy atom. The van der Waals surface area contributed by atoms with Crippen LogP contribution in [-0.2, 0) is 9.59 Å². The Morgan fingerprint density at radius 3 is 2.74 bits per heavy atom. The fourth-order valence-electron chi connectivity index (χ4n) is 2.78. The molecule has 1 heterocycles. The zero-order valence-electron chi connectivity index (χ0n) is 10.3. The lowest BCUT2D eigenvalue weighted by molar-refractivity contribution is -0.125. The average Bonchev–Trinajstić information content (AvgIpc) is 3.25. The summed E-state index contributed by atoms with van der Waals surface area (Å²) >= 11 is 3.44. The minimum absolute atomic E-state index is 0.0312. The molecule has 1 aliphatic heterocycles. The van der Waals surface area contributed by atoms with Crippen LogP contribution < -0.4 is 10.2 Å². The SMILES string of the molecule is O=C(C1CC1)N1c2cc(Br)ccc2NC(=O)C12CC2. The first-order valence-electron chi connectivity index (χ1n) is 6.57. The number of nitrogens with zero attached hydrogens (tertiary/aromatic N) is 1. The first kappa shape index (κ1) is 11.5. The molecule has 4 rings (SSSR count). The molecule has 0 aromatic heterocycles. The van der Waals surface area contributed by atoms with E-state index in [1.807, 2.05) is 18.2 Å². The highest BCUT2D eigenvalue weighted by molar-refractivity contribution is 9.10. The van der Waals surface area contributed by atoms with Gasteiger partial charge in [0.15, 0.2) is 0 Å². The number of hydrogen-bond donors (Lipinski definition) is 1. The van der Waals surface area contributed by atoms with Crippen LogP contribution in [0.2, 0.25) is 0 Å². The molecule has 0 bridgehead atoms. The summed E-state index contributed by atoms with van der Waals surface area (Å²) in [6.45, 7) is 0. The third-order valence-electron chi connectivity index (χ3n) is 4.17. The lowest BCUT2D eigenvalue weighted by atomic mass is 10.1. The van der Waals surface area contributed by atoms with E-state index < -0.39 is 5.54 Å². The van der Waals surface area contributed by atoms with Crippen molar-refractivity contribution < 1.29 is 9.59 Å². The molecule has 1 spiro atoms. The molecule has 98 valence electrons. The number of hydrogen-bond acceptors (Lipinski definition) is 2. The smallest absolute Gasteiger partial charge is 0.250 e. The standard InChI is InChI=1S/C14H13BrN2O2/c15-9-3-4-10-11(7-9)17(12(18)8-1-2-8)14(5-6-14)13(19)16-10/h3-4,7-8H,1-2,5-6H2,(H,16,19). The summed E-state index contributed by atoms with van der Waals surface area (Å²) in [5.41, 5.74) is 0.969. The van der Waals surface area contributed by atoms with E-state index >= 15 is 0 Å². The Hall–Kier alpha value is -1.36. The molecule has 5 heteroatoms. The van der Waals surface area contributed by atoms with Crippen molar-refractivity contribution in [2.24, 2.45) is 5.92 Å². The van der Waals surface area contributed by atoms with Crippen molar-refractivity contribution in [1.29, 1.82) is 0 Å². The summed E-state index contributed by atoms with van der Waals surface area (Å²) in [6.07, 6.45) is 3.44. The zero-order valence-corrected chi connectivity index (χ0v) is 11.9. The number of halogens is 1. The molecule has 0 saturated heterocycles. The van der Waals surface area contributed by atoms with Crippen molar-refractivity contribution in [2.75, 3.05) is 10.2 Å². The van der Waals surface area contributed by atoms with Crippen LogP contribution in [-0.4, -0.2) is 17.4 Å². The van der Waals surface area contributed by atoms with Gasteiger partial charge < -0.3 is 5.32 Å². The third-order valence-corrected chi connectivity index (χ3v) is 4.66. The minimum atomic E-state index is -0.604. The molecule has 1 aromatic carbocycles. The molecule has 19 heavy (non-hydrogen) atoms. The van der Waals surface area contributed by atoms with E-state index in [1.54, 1.807) is 4.90 Å². The Kier molecular flexibility index (Phi) is 2.17. The molecule has 4 nitrogen and oxygen atoms in total. The number of nitrogens with one attached hydrogen (secondary N) is 1. The highest BCUT2D eigenvalue weighted by atomic mass is 79.9. The molecule has 2 saturated carbocycles. The zero-order chi connectivity index (χ0) is 13.2. The number of carbonyl (C=O) groups excluding carboxylic acids is 2. The molecule has 2 aliphatic carbocycles. The molecule has 0 unspecified atom stereocenters. The maximum Gasteiger partial charge on any atom is 0.250 e. The van der Waals surface area contributed by atoms with Crippen molar-refractivity contribution in [3.63, 3.8) is 0 Å². The van der Waals surface area contributed by atoms with E-state index in [-0.39, 0.29) is 17.7 Å². The fraction of sp³-hybridized carbons (Fsp3) is 0.429. The molecule has 3 aliphatic rings. The number of carbonyl (C=O) groups is 2. The van der Waals surface area contributed by atoms with Gasteiger partial charge in [-0.3, -0.25) is 14.5 Å². The maximum absolute atomic E-state index is 12.6. The summed E-state index contributed by atoms with van der Waals surface area (Å²) < 4.78 is 0.923. The van der Waals surface area contributed by atoms with E-state index in [2.05, 4.69) is 21.2 Å². The molecular formula is C14H13BrN2O2. The van der Waals surface area contributed by atoms with E-state index in [9.17, 15) is 9.59 Å². The van der Waals surface area contributed by atoms with Gasteiger partial charge in [-0.2, -0.15) is 0 Å². The normalized spacial score (nSPS) is 23.0. The predicted molar refractivity (Wildman–Crippen MR) is 74.9 cm³/mol. The van der Waals surface area contributed by atoms with Gasteiger partial charge in [0.25, 0.3) is 5.91 Å². The quantitative estimate of drug-likeness (QED) is 0.864. The molecule has 0 atom stereocenters. The second-order valence-corrected chi connectivity index (χ2v) is 6.51. The Morgan fingerprint density at radius 2 is 2.11 bits per heavy atom. The molecule has 1 N–H and O–H groups in total. The maximum atomic E-state index is 12.6. The number of benzene rings is 1. The average molecular weight is 321 g/mol. The molecule has 1 aromatic rings. The summed E-state index contributed by atoms with van der Waals surface area (Å²) in [5, 5.41) is 2.93. The molecule has 2 amide bonds. The van der Waals surface area contributed by atoms with Gasteiger partial charge in [0.05, 0.1) is 11.4 Å². The van der Waals surface area contributed by atoms with Gasteiger partial charge in [0, 0.05) is 10.4 Å². The second-order valence-electron chi connectivity index (χ2n) is 5.60. The molecule has 0 radical (unpaired) electrons. The highest BCUT2D eigenvalue weighted by Crippen LogP contribution is 2.52. The van der Waals surface area contributed by atoms with Gasteiger partial charge in [-0.1, -0.05) is 15.9 Å². The topological polar surface area (TPSA) is 49.4 Å². The molecule has 2 fully saturated rings.